The van der Waals surface area contributed by atoms with Crippen LogP contribution in [0.4, 0.5) is 5.69 Å². The van der Waals surface area contributed by atoms with Crippen LogP contribution < -0.4 is 5.32 Å². The number of hydrogen-bond donors (Lipinski definition) is 1. The van der Waals surface area contributed by atoms with Crippen LogP contribution in [0.2, 0.25) is 0 Å². The molecule has 9 nitrogen and oxygen atoms in total. The topological polar surface area (TPSA) is 104 Å². The molecule has 1 amide bonds. The van der Waals surface area contributed by atoms with E-state index in [1.54, 1.807) is 21.6 Å². The lowest BCUT2D eigenvalue weighted by molar-refractivity contribution is -0.119. The van der Waals surface area contributed by atoms with Crippen LogP contribution in [0.5, 0.6) is 0 Å². The van der Waals surface area contributed by atoms with E-state index in [4.69, 9.17) is 4.74 Å². The van der Waals surface area contributed by atoms with E-state index in [0.29, 0.717) is 17.0 Å². The van der Waals surface area contributed by atoms with Gasteiger partial charge in [0.15, 0.2) is 12.3 Å². The molecule has 4 aromatic rings. The van der Waals surface area contributed by atoms with Crippen molar-refractivity contribution >= 4 is 28.6 Å². The lowest BCUT2D eigenvalue weighted by Gasteiger charge is -2.08. The van der Waals surface area contributed by atoms with E-state index in [2.05, 4.69) is 20.5 Å². The molecule has 0 saturated heterocycles. The Hall–Kier alpha value is -4.01. The number of anilines is 1. The Labute approximate surface area is 185 Å². The van der Waals surface area contributed by atoms with Gasteiger partial charge in [-0.05, 0) is 45.9 Å². The molecule has 32 heavy (non-hydrogen) atoms. The molecule has 0 aliphatic carbocycles. The first kappa shape index (κ1) is 21.2. The van der Waals surface area contributed by atoms with Crippen LogP contribution in [0.3, 0.4) is 0 Å². The maximum absolute atomic E-state index is 12.4. The van der Waals surface area contributed by atoms with Crippen molar-refractivity contribution in [2.24, 2.45) is 0 Å². The van der Waals surface area contributed by atoms with Crippen molar-refractivity contribution in [2.45, 2.75) is 33.7 Å². The zero-order valence-electron chi connectivity index (χ0n) is 18.4. The third-order valence-corrected chi connectivity index (χ3v) is 5.05. The Morgan fingerprint density at radius 3 is 2.59 bits per heavy atom. The molecule has 3 aromatic heterocycles. The number of aryl methyl sites for hydroxylation is 1. The molecule has 3 heterocycles. The number of amides is 1. The number of rotatable bonds is 6. The SMILES string of the molecule is Cc1nn(-c2ccccc2)c(C)c1NC(=O)COC(=O)c1cnc2c(cnn2C(C)C)c1. The van der Waals surface area contributed by atoms with E-state index < -0.39 is 18.5 Å². The van der Waals surface area contributed by atoms with Gasteiger partial charge in [-0.1, -0.05) is 18.2 Å². The summed E-state index contributed by atoms with van der Waals surface area (Å²) in [6.07, 6.45) is 3.09. The maximum atomic E-state index is 12.4. The van der Waals surface area contributed by atoms with Crippen LogP contribution >= 0.6 is 0 Å². The molecular formula is C23H24N6O3. The fourth-order valence-electron chi connectivity index (χ4n) is 3.46. The largest absolute Gasteiger partial charge is 0.452 e. The third kappa shape index (κ3) is 4.09. The highest BCUT2D eigenvalue weighted by Gasteiger charge is 2.18. The van der Waals surface area contributed by atoms with Crippen molar-refractivity contribution in [2.75, 3.05) is 11.9 Å². The lowest BCUT2D eigenvalue weighted by atomic mass is 10.2. The van der Waals surface area contributed by atoms with Gasteiger partial charge in [0, 0.05) is 17.6 Å². The highest BCUT2D eigenvalue weighted by Crippen LogP contribution is 2.23. The lowest BCUT2D eigenvalue weighted by Crippen LogP contribution is -2.21. The maximum Gasteiger partial charge on any atom is 0.340 e. The summed E-state index contributed by atoms with van der Waals surface area (Å²) in [4.78, 5) is 29.2. The quantitative estimate of drug-likeness (QED) is 0.467. The van der Waals surface area contributed by atoms with Crippen LogP contribution in [0, 0.1) is 13.8 Å². The number of aromatic nitrogens is 5. The first-order valence-electron chi connectivity index (χ1n) is 10.3. The van der Waals surface area contributed by atoms with Crippen LogP contribution in [0.1, 0.15) is 41.6 Å². The Bertz CT molecular complexity index is 1290. The zero-order chi connectivity index (χ0) is 22.8. The fraction of sp³-hybridized carbons (Fsp3) is 0.261. The fourth-order valence-corrected chi connectivity index (χ4v) is 3.46. The second kappa shape index (κ2) is 8.62. The van der Waals surface area contributed by atoms with Crippen LogP contribution in [-0.2, 0) is 9.53 Å². The zero-order valence-corrected chi connectivity index (χ0v) is 18.4. The molecule has 4 rings (SSSR count). The molecule has 1 aromatic carbocycles. The van der Waals surface area contributed by atoms with Crippen molar-refractivity contribution in [1.82, 2.24) is 24.5 Å². The summed E-state index contributed by atoms with van der Waals surface area (Å²) in [6, 6.07) is 11.4. The summed E-state index contributed by atoms with van der Waals surface area (Å²) in [5.41, 5.74) is 3.89. The van der Waals surface area contributed by atoms with E-state index in [1.165, 1.54) is 6.20 Å². The predicted octanol–water partition coefficient (Wildman–Crippen LogP) is 3.61. The molecule has 0 radical (unpaired) electrons. The van der Waals surface area contributed by atoms with Gasteiger partial charge in [0.1, 0.15) is 0 Å². The first-order valence-corrected chi connectivity index (χ1v) is 10.3. The van der Waals surface area contributed by atoms with Crippen LogP contribution in [0.15, 0.2) is 48.8 Å². The third-order valence-electron chi connectivity index (χ3n) is 5.05. The number of carbonyl (C=O) groups is 2. The van der Waals surface area contributed by atoms with Crippen LogP contribution in [-0.4, -0.2) is 43.0 Å². The number of nitrogens with zero attached hydrogens (tertiary/aromatic N) is 5. The summed E-state index contributed by atoms with van der Waals surface area (Å²) in [5, 5.41) is 12.3. The molecular weight excluding hydrogens is 408 g/mol. The van der Waals surface area contributed by atoms with E-state index in [1.807, 2.05) is 58.0 Å². The minimum Gasteiger partial charge on any atom is -0.452 e. The second-order valence-corrected chi connectivity index (χ2v) is 7.74. The standard InChI is InChI=1S/C23H24N6O3/c1-14(2)28-22-17(12-25-28)10-18(11-24-22)23(31)32-13-20(30)26-21-15(3)27-29(16(21)4)19-8-6-5-7-9-19/h5-12,14H,13H2,1-4H3,(H,26,30). The van der Waals surface area contributed by atoms with Crippen molar-refractivity contribution in [3.8, 4) is 5.69 Å². The van der Waals surface area contributed by atoms with Gasteiger partial charge >= 0.3 is 5.97 Å². The minimum atomic E-state index is -0.625. The number of para-hydroxylation sites is 1. The molecule has 0 fully saturated rings. The highest BCUT2D eigenvalue weighted by atomic mass is 16.5. The van der Waals surface area contributed by atoms with Crippen LogP contribution in [0.25, 0.3) is 16.7 Å². The van der Waals surface area contributed by atoms with Gasteiger partial charge in [0.2, 0.25) is 0 Å². The Morgan fingerprint density at radius 2 is 1.88 bits per heavy atom. The smallest absolute Gasteiger partial charge is 0.340 e. The molecule has 0 saturated carbocycles. The summed E-state index contributed by atoms with van der Waals surface area (Å²) in [5.74, 6) is -1.07. The van der Waals surface area contributed by atoms with E-state index in [9.17, 15) is 9.59 Å². The number of fused-ring (bicyclic) bond motifs is 1. The normalized spacial score (nSPS) is 11.2. The van der Waals surface area contributed by atoms with Crippen molar-refractivity contribution in [3.05, 3.63) is 65.7 Å². The average molecular weight is 432 g/mol. The minimum absolute atomic E-state index is 0.152. The number of carbonyl (C=O) groups excluding carboxylic acids is 2. The summed E-state index contributed by atoms with van der Waals surface area (Å²) in [6.45, 7) is 7.26. The van der Waals surface area contributed by atoms with Gasteiger partial charge in [-0.25, -0.2) is 19.1 Å². The Morgan fingerprint density at radius 1 is 1.12 bits per heavy atom. The van der Waals surface area contributed by atoms with Gasteiger partial charge in [-0.15, -0.1) is 0 Å². The molecule has 1 N–H and O–H groups in total. The van der Waals surface area contributed by atoms with Gasteiger partial charge in [-0.3, -0.25) is 4.79 Å². The number of pyridine rings is 1. The summed E-state index contributed by atoms with van der Waals surface area (Å²) in [7, 11) is 0. The molecule has 0 aliphatic rings. The number of benzene rings is 1. The Balaban J connectivity index is 1.42. The van der Waals surface area contributed by atoms with Crippen molar-refractivity contribution < 1.29 is 14.3 Å². The Kier molecular flexibility index (Phi) is 5.72. The molecule has 0 spiro atoms. The molecule has 9 heteroatoms. The highest BCUT2D eigenvalue weighted by molar-refractivity contribution is 5.97. The first-order chi connectivity index (χ1) is 15.3. The van der Waals surface area contributed by atoms with Crippen molar-refractivity contribution in [1.29, 1.82) is 0 Å². The average Bonchev–Trinajstić information content (AvgIpc) is 3.34. The van der Waals surface area contributed by atoms with E-state index >= 15 is 0 Å². The van der Waals surface area contributed by atoms with Gasteiger partial charge in [-0.2, -0.15) is 10.2 Å². The molecule has 164 valence electrons. The number of esters is 1. The van der Waals surface area contributed by atoms with Crippen molar-refractivity contribution in [3.63, 3.8) is 0 Å². The molecule has 0 unspecified atom stereocenters. The second-order valence-electron chi connectivity index (χ2n) is 7.74. The number of hydrogen-bond acceptors (Lipinski definition) is 6. The van der Waals surface area contributed by atoms with Gasteiger partial charge in [0.05, 0.1) is 34.5 Å². The number of ether oxygens (including phenoxy) is 1. The summed E-state index contributed by atoms with van der Waals surface area (Å²) < 4.78 is 8.73. The predicted molar refractivity (Wildman–Crippen MR) is 120 cm³/mol. The monoisotopic (exact) mass is 432 g/mol. The van der Waals surface area contributed by atoms with Gasteiger partial charge < -0.3 is 10.1 Å². The summed E-state index contributed by atoms with van der Waals surface area (Å²) >= 11 is 0. The van der Waals surface area contributed by atoms with E-state index in [-0.39, 0.29) is 11.6 Å². The van der Waals surface area contributed by atoms with Gasteiger partial charge in [0.25, 0.3) is 5.91 Å². The number of nitrogens with one attached hydrogen (secondary N) is 1. The molecule has 0 aliphatic heterocycles. The van der Waals surface area contributed by atoms with E-state index in [0.717, 1.165) is 16.8 Å². The molecule has 0 bridgehead atoms. The molecule has 0 atom stereocenters.